The molecule has 0 unspecified atom stereocenters. The molecular formula is C14H15N5O2. The summed E-state index contributed by atoms with van der Waals surface area (Å²) in [6, 6.07) is 6.69. The summed E-state index contributed by atoms with van der Waals surface area (Å²) in [6.07, 6.45) is 3.69. The summed E-state index contributed by atoms with van der Waals surface area (Å²) in [5.41, 5.74) is 1.17. The number of likely N-dealkylation sites (tertiary alicyclic amines) is 1. The maximum absolute atomic E-state index is 12.4. The molecule has 0 saturated carbocycles. The smallest absolute Gasteiger partial charge is 0.254 e. The molecule has 2 aromatic rings. The standard InChI is InChI=1S/C14H15N5O2/c1-18-7-6-11(14(18)21)17-13(20)10-4-2-3-5-12(10)19-8-15-16-9-19/h2-5,8-9,11H,6-7H2,1H3,(H,17,20)/t11-/m1/s1. The van der Waals surface area contributed by atoms with E-state index in [1.54, 1.807) is 34.7 Å². The van der Waals surface area contributed by atoms with Gasteiger partial charge >= 0.3 is 0 Å². The Balaban J connectivity index is 1.84. The number of rotatable bonds is 3. The number of nitrogens with one attached hydrogen (secondary N) is 1. The van der Waals surface area contributed by atoms with Crippen LogP contribution in [0.15, 0.2) is 36.9 Å². The van der Waals surface area contributed by atoms with Gasteiger partial charge in [-0.1, -0.05) is 12.1 Å². The van der Waals surface area contributed by atoms with Crippen LogP contribution in [0, 0.1) is 0 Å². The molecule has 1 aliphatic rings. The molecule has 1 atom stereocenters. The number of likely N-dealkylation sites (N-methyl/N-ethyl adjacent to an activating group) is 1. The molecule has 7 heteroatoms. The summed E-state index contributed by atoms with van der Waals surface area (Å²) in [7, 11) is 1.74. The van der Waals surface area contributed by atoms with E-state index in [0.29, 0.717) is 24.2 Å². The number of nitrogens with zero attached hydrogens (tertiary/aromatic N) is 4. The van der Waals surface area contributed by atoms with E-state index in [9.17, 15) is 9.59 Å². The van der Waals surface area contributed by atoms with Crippen LogP contribution >= 0.6 is 0 Å². The molecule has 1 aromatic carbocycles. The van der Waals surface area contributed by atoms with Crippen LogP contribution in [-0.2, 0) is 4.79 Å². The van der Waals surface area contributed by atoms with E-state index in [-0.39, 0.29) is 11.8 Å². The Kier molecular flexibility index (Phi) is 3.39. The van der Waals surface area contributed by atoms with E-state index in [1.165, 1.54) is 12.7 Å². The van der Waals surface area contributed by atoms with Crippen LogP contribution in [0.3, 0.4) is 0 Å². The van der Waals surface area contributed by atoms with Crippen molar-refractivity contribution in [1.82, 2.24) is 25.0 Å². The third-order valence-corrected chi connectivity index (χ3v) is 3.58. The summed E-state index contributed by atoms with van der Waals surface area (Å²) >= 11 is 0. The van der Waals surface area contributed by atoms with Gasteiger partial charge in [0.25, 0.3) is 5.91 Å². The first-order chi connectivity index (χ1) is 10.2. The third-order valence-electron chi connectivity index (χ3n) is 3.58. The Morgan fingerprint density at radius 3 is 2.67 bits per heavy atom. The average Bonchev–Trinajstić information content (AvgIpc) is 3.13. The second kappa shape index (κ2) is 5.35. The Morgan fingerprint density at radius 2 is 2.00 bits per heavy atom. The summed E-state index contributed by atoms with van der Waals surface area (Å²) in [6.45, 7) is 0.664. The van der Waals surface area contributed by atoms with Crippen molar-refractivity contribution >= 4 is 11.8 Å². The Hall–Kier alpha value is -2.70. The molecule has 1 N–H and O–H groups in total. The predicted molar refractivity (Wildman–Crippen MR) is 74.9 cm³/mol. The van der Waals surface area contributed by atoms with Gasteiger partial charge in [-0.2, -0.15) is 0 Å². The summed E-state index contributed by atoms with van der Waals surface area (Å²) < 4.78 is 1.66. The molecule has 1 aromatic heterocycles. The summed E-state index contributed by atoms with van der Waals surface area (Å²) in [5, 5.41) is 10.3. The molecule has 0 aliphatic carbocycles. The minimum Gasteiger partial charge on any atom is -0.344 e. The van der Waals surface area contributed by atoms with E-state index in [4.69, 9.17) is 0 Å². The molecule has 0 radical (unpaired) electrons. The second-order valence-electron chi connectivity index (χ2n) is 4.96. The number of hydrogen-bond donors (Lipinski definition) is 1. The van der Waals surface area contributed by atoms with Crippen LogP contribution in [0.1, 0.15) is 16.8 Å². The molecule has 1 saturated heterocycles. The second-order valence-corrected chi connectivity index (χ2v) is 4.96. The van der Waals surface area contributed by atoms with Gasteiger partial charge in [-0.25, -0.2) is 0 Å². The maximum atomic E-state index is 12.4. The molecule has 1 aliphatic heterocycles. The molecule has 7 nitrogen and oxygen atoms in total. The lowest BCUT2D eigenvalue weighted by Gasteiger charge is -2.14. The minimum absolute atomic E-state index is 0.0508. The lowest BCUT2D eigenvalue weighted by atomic mass is 10.1. The molecule has 2 amide bonds. The van der Waals surface area contributed by atoms with Gasteiger partial charge in [0.05, 0.1) is 11.3 Å². The number of aromatic nitrogens is 3. The highest BCUT2D eigenvalue weighted by Gasteiger charge is 2.30. The zero-order valence-electron chi connectivity index (χ0n) is 11.6. The predicted octanol–water partition coefficient (Wildman–Crippen LogP) is 0.228. The van der Waals surface area contributed by atoms with Crippen LogP contribution in [0.2, 0.25) is 0 Å². The monoisotopic (exact) mass is 285 g/mol. The quantitative estimate of drug-likeness (QED) is 0.875. The fourth-order valence-electron chi connectivity index (χ4n) is 2.41. The third kappa shape index (κ3) is 2.49. The first-order valence-corrected chi connectivity index (χ1v) is 6.66. The molecular weight excluding hydrogens is 270 g/mol. The van der Waals surface area contributed by atoms with Crippen LogP contribution in [0.25, 0.3) is 5.69 Å². The van der Waals surface area contributed by atoms with E-state index in [2.05, 4.69) is 15.5 Å². The topological polar surface area (TPSA) is 80.1 Å². The van der Waals surface area contributed by atoms with E-state index in [1.807, 2.05) is 6.07 Å². The van der Waals surface area contributed by atoms with Gasteiger partial charge in [0.2, 0.25) is 5.91 Å². The SMILES string of the molecule is CN1CC[C@@H](NC(=O)c2ccccc2-n2cnnc2)C1=O. The van der Waals surface area contributed by atoms with Crippen molar-refractivity contribution in [3.05, 3.63) is 42.5 Å². The minimum atomic E-state index is -0.448. The van der Waals surface area contributed by atoms with Gasteiger partial charge in [0, 0.05) is 13.6 Å². The molecule has 1 fully saturated rings. The van der Waals surface area contributed by atoms with Crippen molar-refractivity contribution in [3.8, 4) is 5.69 Å². The summed E-state index contributed by atoms with van der Waals surface area (Å²) in [5.74, 6) is -0.321. The molecule has 3 rings (SSSR count). The van der Waals surface area contributed by atoms with Crippen molar-refractivity contribution < 1.29 is 9.59 Å². The number of carbonyl (C=O) groups excluding carboxylic acids is 2. The zero-order chi connectivity index (χ0) is 14.8. The fourth-order valence-corrected chi connectivity index (χ4v) is 2.41. The molecule has 108 valence electrons. The fraction of sp³-hybridized carbons (Fsp3) is 0.286. The number of benzene rings is 1. The number of carbonyl (C=O) groups is 2. The van der Waals surface area contributed by atoms with Gasteiger partial charge < -0.3 is 10.2 Å². The number of hydrogen-bond acceptors (Lipinski definition) is 4. The van der Waals surface area contributed by atoms with Gasteiger partial charge in [-0.15, -0.1) is 10.2 Å². The van der Waals surface area contributed by atoms with E-state index in [0.717, 1.165) is 0 Å². The van der Waals surface area contributed by atoms with Crippen molar-refractivity contribution in [2.45, 2.75) is 12.5 Å². The Labute approximate surface area is 121 Å². The highest BCUT2D eigenvalue weighted by atomic mass is 16.2. The van der Waals surface area contributed by atoms with Crippen molar-refractivity contribution in [2.75, 3.05) is 13.6 Å². The Morgan fingerprint density at radius 1 is 1.29 bits per heavy atom. The molecule has 2 heterocycles. The van der Waals surface area contributed by atoms with Gasteiger partial charge in [0.1, 0.15) is 18.7 Å². The van der Waals surface area contributed by atoms with Crippen LogP contribution in [-0.4, -0.2) is 51.1 Å². The zero-order valence-corrected chi connectivity index (χ0v) is 11.6. The van der Waals surface area contributed by atoms with Crippen molar-refractivity contribution in [1.29, 1.82) is 0 Å². The summed E-state index contributed by atoms with van der Waals surface area (Å²) in [4.78, 5) is 25.9. The highest BCUT2D eigenvalue weighted by molar-refractivity contribution is 6.00. The lowest BCUT2D eigenvalue weighted by Crippen LogP contribution is -2.40. The van der Waals surface area contributed by atoms with Crippen LogP contribution < -0.4 is 5.32 Å². The van der Waals surface area contributed by atoms with Crippen LogP contribution in [0.4, 0.5) is 0 Å². The lowest BCUT2D eigenvalue weighted by molar-refractivity contribution is -0.128. The number of amides is 2. The van der Waals surface area contributed by atoms with Crippen molar-refractivity contribution in [3.63, 3.8) is 0 Å². The van der Waals surface area contributed by atoms with E-state index >= 15 is 0 Å². The maximum Gasteiger partial charge on any atom is 0.254 e. The first-order valence-electron chi connectivity index (χ1n) is 6.66. The molecule has 0 spiro atoms. The van der Waals surface area contributed by atoms with E-state index < -0.39 is 6.04 Å². The number of para-hydroxylation sites is 1. The largest absolute Gasteiger partial charge is 0.344 e. The first kappa shape index (κ1) is 13.3. The normalized spacial score (nSPS) is 18.0. The Bertz CT molecular complexity index is 668. The van der Waals surface area contributed by atoms with Crippen LogP contribution in [0.5, 0.6) is 0 Å². The highest BCUT2D eigenvalue weighted by Crippen LogP contribution is 2.15. The van der Waals surface area contributed by atoms with Crippen molar-refractivity contribution in [2.24, 2.45) is 0 Å². The van der Waals surface area contributed by atoms with Gasteiger partial charge in [-0.05, 0) is 18.6 Å². The van der Waals surface area contributed by atoms with Gasteiger partial charge in [0.15, 0.2) is 0 Å². The molecule has 0 bridgehead atoms. The van der Waals surface area contributed by atoms with Gasteiger partial charge in [-0.3, -0.25) is 14.2 Å². The average molecular weight is 285 g/mol. The molecule has 21 heavy (non-hydrogen) atoms.